The fourth-order valence-electron chi connectivity index (χ4n) is 2.42. The number of nitro groups is 1. The summed E-state index contributed by atoms with van der Waals surface area (Å²) in [6, 6.07) is 12.0. The average Bonchev–Trinajstić information content (AvgIpc) is 2.96. The van der Waals surface area contributed by atoms with E-state index in [2.05, 4.69) is 4.98 Å². The van der Waals surface area contributed by atoms with Gasteiger partial charge in [-0.3, -0.25) is 14.9 Å². The molecule has 8 heteroatoms. The smallest absolute Gasteiger partial charge is 0.293 e. The minimum atomic E-state index is -0.696. The van der Waals surface area contributed by atoms with Crippen LogP contribution in [0.1, 0.15) is 15.4 Å². The number of benzene rings is 2. The number of nitrogens with two attached hydrogens (primary N) is 1. The molecular formula is C16H14N4O3S. The van der Waals surface area contributed by atoms with Crippen LogP contribution in [0.25, 0.3) is 10.2 Å². The molecule has 1 heterocycles. The molecule has 0 unspecified atom stereocenters. The predicted molar refractivity (Wildman–Crippen MR) is 93.3 cm³/mol. The Labute approximate surface area is 141 Å². The molecule has 0 fully saturated rings. The maximum atomic E-state index is 11.3. The number of carbonyl (C=O) groups excluding carboxylic acids is 1. The van der Waals surface area contributed by atoms with Crippen molar-refractivity contribution in [3.8, 4) is 0 Å². The van der Waals surface area contributed by atoms with Gasteiger partial charge in [0.25, 0.3) is 5.69 Å². The van der Waals surface area contributed by atoms with E-state index >= 15 is 0 Å². The molecular weight excluding hydrogens is 328 g/mol. The van der Waals surface area contributed by atoms with Crippen molar-refractivity contribution in [2.75, 3.05) is 11.9 Å². The normalized spacial score (nSPS) is 10.7. The van der Waals surface area contributed by atoms with Crippen LogP contribution in [0, 0.1) is 10.1 Å². The van der Waals surface area contributed by atoms with Crippen LogP contribution in [0.15, 0.2) is 42.5 Å². The van der Waals surface area contributed by atoms with E-state index in [9.17, 15) is 14.9 Å². The zero-order chi connectivity index (χ0) is 17.3. The van der Waals surface area contributed by atoms with Gasteiger partial charge in [0, 0.05) is 18.7 Å². The highest BCUT2D eigenvalue weighted by molar-refractivity contribution is 7.18. The van der Waals surface area contributed by atoms with Crippen molar-refractivity contribution in [2.45, 2.75) is 6.54 Å². The quantitative estimate of drug-likeness (QED) is 0.567. The molecule has 7 nitrogen and oxygen atoms in total. The molecule has 0 saturated heterocycles. The van der Waals surface area contributed by atoms with Gasteiger partial charge in [0.15, 0.2) is 0 Å². The Morgan fingerprint density at radius 2 is 2.08 bits per heavy atom. The molecule has 0 spiro atoms. The van der Waals surface area contributed by atoms with Crippen molar-refractivity contribution in [1.29, 1.82) is 0 Å². The number of rotatable bonds is 5. The highest BCUT2D eigenvalue weighted by Crippen LogP contribution is 2.30. The Kier molecular flexibility index (Phi) is 4.13. The van der Waals surface area contributed by atoms with Crippen LogP contribution < -0.4 is 10.6 Å². The van der Waals surface area contributed by atoms with E-state index < -0.39 is 10.8 Å². The summed E-state index contributed by atoms with van der Waals surface area (Å²) < 4.78 is 1.07. The van der Waals surface area contributed by atoms with Gasteiger partial charge in [-0.05, 0) is 24.3 Å². The average molecular weight is 342 g/mol. The summed E-state index contributed by atoms with van der Waals surface area (Å²) in [6.45, 7) is 0.427. The molecule has 3 rings (SSSR count). The van der Waals surface area contributed by atoms with Gasteiger partial charge >= 0.3 is 0 Å². The van der Waals surface area contributed by atoms with Gasteiger partial charge in [-0.2, -0.15) is 0 Å². The summed E-state index contributed by atoms with van der Waals surface area (Å²) in [5, 5.41) is 12.2. The van der Waals surface area contributed by atoms with Crippen molar-refractivity contribution >= 4 is 38.8 Å². The number of hydrogen-bond donors (Lipinski definition) is 1. The number of amides is 1. The molecule has 0 radical (unpaired) electrons. The molecule has 0 aliphatic carbocycles. The topological polar surface area (TPSA) is 102 Å². The highest BCUT2D eigenvalue weighted by atomic mass is 32.1. The number of fused-ring (bicyclic) bond motifs is 1. The first-order valence-corrected chi connectivity index (χ1v) is 7.91. The lowest BCUT2D eigenvalue weighted by molar-refractivity contribution is -0.384. The molecule has 0 aliphatic rings. The first-order valence-electron chi connectivity index (χ1n) is 7.09. The van der Waals surface area contributed by atoms with Crippen LogP contribution in [0.5, 0.6) is 0 Å². The second kappa shape index (κ2) is 6.25. The molecule has 0 bridgehead atoms. The van der Waals surface area contributed by atoms with Crippen LogP contribution >= 0.6 is 11.3 Å². The Morgan fingerprint density at radius 3 is 2.75 bits per heavy atom. The number of primary amides is 1. The fourth-order valence-corrected chi connectivity index (χ4v) is 3.44. The second-order valence-corrected chi connectivity index (χ2v) is 6.37. The third-order valence-electron chi connectivity index (χ3n) is 3.58. The number of aromatic nitrogens is 1. The number of anilines is 1. The number of carbonyl (C=O) groups is 1. The van der Waals surface area contributed by atoms with E-state index in [1.807, 2.05) is 24.3 Å². The van der Waals surface area contributed by atoms with Crippen molar-refractivity contribution in [1.82, 2.24) is 4.98 Å². The largest absolute Gasteiger partial charge is 0.366 e. The van der Waals surface area contributed by atoms with Gasteiger partial charge < -0.3 is 10.6 Å². The van der Waals surface area contributed by atoms with Crippen LogP contribution in [0.4, 0.5) is 11.4 Å². The van der Waals surface area contributed by atoms with E-state index in [4.69, 9.17) is 5.73 Å². The zero-order valence-electron chi connectivity index (χ0n) is 12.8. The maximum absolute atomic E-state index is 11.3. The van der Waals surface area contributed by atoms with Gasteiger partial charge in [-0.1, -0.05) is 12.1 Å². The third kappa shape index (κ3) is 3.04. The monoisotopic (exact) mass is 342 g/mol. The van der Waals surface area contributed by atoms with Crippen molar-refractivity contribution in [3.63, 3.8) is 0 Å². The molecule has 24 heavy (non-hydrogen) atoms. The maximum Gasteiger partial charge on any atom is 0.293 e. The number of nitrogens with zero attached hydrogens (tertiary/aromatic N) is 3. The summed E-state index contributed by atoms with van der Waals surface area (Å²) >= 11 is 1.55. The van der Waals surface area contributed by atoms with Gasteiger partial charge in [-0.15, -0.1) is 11.3 Å². The number of nitro benzene ring substituents is 1. The summed E-state index contributed by atoms with van der Waals surface area (Å²) in [7, 11) is 1.75. The minimum absolute atomic E-state index is 0.110. The predicted octanol–water partition coefficient (Wildman–Crippen LogP) is 2.94. The first kappa shape index (κ1) is 15.9. The first-order chi connectivity index (χ1) is 11.5. The molecule has 3 aromatic rings. The van der Waals surface area contributed by atoms with E-state index in [1.54, 1.807) is 23.3 Å². The molecule has 1 aromatic heterocycles. The van der Waals surface area contributed by atoms with Crippen LogP contribution in [0.3, 0.4) is 0 Å². The third-order valence-corrected chi connectivity index (χ3v) is 4.60. The number of hydrogen-bond acceptors (Lipinski definition) is 6. The second-order valence-electron chi connectivity index (χ2n) is 5.26. The Bertz CT molecular complexity index is 905. The van der Waals surface area contributed by atoms with Crippen LogP contribution in [0.2, 0.25) is 0 Å². The van der Waals surface area contributed by atoms with Gasteiger partial charge in [0.05, 0.1) is 21.7 Å². The van der Waals surface area contributed by atoms with Crippen molar-refractivity contribution in [3.05, 3.63) is 63.1 Å². The lowest BCUT2D eigenvalue weighted by Crippen LogP contribution is -2.18. The summed E-state index contributed by atoms with van der Waals surface area (Å²) in [6.07, 6.45) is 0. The SMILES string of the molecule is CN(Cc1nc2ccccc2s1)c1ccc(C(N)=O)cc1[N+](=O)[O-]. The molecule has 0 atom stereocenters. The van der Waals surface area contributed by atoms with Crippen LogP contribution in [-0.4, -0.2) is 22.9 Å². The molecule has 0 aliphatic heterocycles. The van der Waals surface area contributed by atoms with E-state index in [0.29, 0.717) is 12.2 Å². The molecule has 2 N–H and O–H groups in total. The summed E-state index contributed by atoms with van der Waals surface area (Å²) in [4.78, 5) is 28.3. The van der Waals surface area contributed by atoms with Crippen molar-refractivity contribution in [2.24, 2.45) is 5.73 Å². The standard InChI is InChI=1S/C16H14N4O3S/c1-19(9-15-18-11-4-2-3-5-14(11)24-15)12-7-6-10(16(17)21)8-13(12)20(22)23/h2-8H,9H2,1H3,(H2,17,21). The molecule has 1 amide bonds. The number of thiazole rings is 1. The van der Waals surface area contributed by atoms with Gasteiger partial charge in [0.2, 0.25) is 5.91 Å². The lowest BCUT2D eigenvalue weighted by Gasteiger charge is -2.18. The Morgan fingerprint density at radius 1 is 1.33 bits per heavy atom. The highest BCUT2D eigenvalue weighted by Gasteiger charge is 2.20. The van der Waals surface area contributed by atoms with E-state index in [0.717, 1.165) is 15.2 Å². The van der Waals surface area contributed by atoms with Gasteiger partial charge in [0.1, 0.15) is 10.7 Å². The fraction of sp³-hybridized carbons (Fsp3) is 0.125. The van der Waals surface area contributed by atoms with E-state index in [1.165, 1.54) is 18.2 Å². The summed E-state index contributed by atoms with van der Waals surface area (Å²) in [5.41, 5.74) is 6.46. The molecule has 2 aromatic carbocycles. The zero-order valence-corrected chi connectivity index (χ0v) is 13.6. The Hall–Kier alpha value is -3.00. The summed E-state index contributed by atoms with van der Waals surface area (Å²) in [5.74, 6) is -0.696. The van der Waals surface area contributed by atoms with Crippen molar-refractivity contribution < 1.29 is 9.72 Å². The molecule has 122 valence electrons. The van der Waals surface area contributed by atoms with Gasteiger partial charge in [-0.25, -0.2) is 4.98 Å². The minimum Gasteiger partial charge on any atom is -0.366 e. The van der Waals surface area contributed by atoms with E-state index in [-0.39, 0.29) is 11.3 Å². The number of para-hydroxylation sites is 1. The Balaban J connectivity index is 1.92. The lowest BCUT2D eigenvalue weighted by atomic mass is 10.1. The molecule has 0 saturated carbocycles. The van der Waals surface area contributed by atoms with Crippen LogP contribution in [-0.2, 0) is 6.54 Å².